The molecule has 0 amide bonds. The number of aromatic nitrogens is 2. The van der Waals surface area contributed by atoms with Crippen molar-refractivity contribution in [3.8, 4) is 5.75 Å². The molecule has 0 spiro atoms. The van der Waals surface area contributed by atoms with Crippen molar-refractivity contribution in [1.29, 1.82) is 0 Å². The molecule has 2 saturated heterocycles. The van der Waals surface area contributed by atoms with Gasteiger partial charge in [-0.25, -0.2) is 4.68 Å². The summed E-state index contributed by atoms with van der Waals surface area (Å²) in [6.45, 7) is 17.3. The number of carbonyl (C=O) groups is 1. The first-order valence-corrected chi connectivity index (χ1v) is 16.4. The highest BCUT2D eigenvalue weighted by Crippen LogP contribution is 2.42. The van der Waals surface area contributed by atoms with Gasteiger partial charge in [0, 0.05) is 18.4 Å². The van der Waals surface area contributed by atoms with Gasteiger partial charge in [-0.3, -0.25) is 4.79 Å². The number of allylic oxidation sites excluding steroid dienone is 1. The van der Waals surface area contributed by atoms with Crippen molar-refractivity contribution in [2.75, 3.05) is 13.2 Å². The van der Waals surface area contributed by atoms with Gasteiger partial charge < -0.3 is 23.5 Å². The van der Waals surface area contributed by atoms with Gasteiger partial charge in [0.05, 0.1) is 29.5 Å². The van der Waals surface area contributed by atoms with Crippen LogP contribution in [0, 0.1) is 0 Å². The molecule has 8 nitrogen and oxygen atoms in total. The summed E-state index contributed by atoms with van der Waals surface area (Å²) >= 11 is 0. The number of ether oxygens (including phenoxy) is 3. The summed E-state index contributed by atoms with van der Waals surface area (Å²) < 4.78 is 32.6. The van der Waals surface area contributed by atoms with Crippen LogP contribution in [0.3, 0.4) is 0 Å². The van der Waals surface area contributed by atoms with E-state index >= 15 is 0 Å². The Morgan fingerprint density at radius 3 is 2.33 bits per heavy atom. The highest BCUT2D eigenvalue weighted by Gasteiger charge is 2.52. The van der Waals surface area contributed by atoms with Crippen LogP contribution in [0.4, 0.5) is 0 Å². The molecule has 2 aliphatic heterocycles. The number of rotatable bonds is 10. The van der Waals surface area contributed by atoms with Crippen molar-refractivity contribution < 1.29 is 28.3 Å². The van der Waals surface area contributed by atoms with Gasteiger partial charge in [0.2, 0.25) is 0 Å². The van der Waals surface area contributed by atoms with E-state index in [4.69, 9.17) is 28.6 Å². The van der Waals surface area contributed by atoms with Crippen LogP contribution in [0.2, 0.25) is 0 Å². The predicted octanol–water partition coefficient (Wildman–Crippen LogP) is 8.08. The molecular weight excluding hydrogens is 567 g/mol. The van der Waals surface area contributed by atoms with Gasteiger partial charge >= 0.3 is 13.1 Å². The first kappa shape index (κ1) is 33.2. The van der Waals surface area contributed by atoms with Crippen molar-refractivity contribution >= 4 is 29.6 Å². The zero-order valence-corrected chi connectivity index (χ0v) is 28.3. The van der Waals surface area contributed by atoms with E-state index in [9.17, 15) is 4.79 Å². The first-order valence-electron chi connectivity index (χ1n) is 16.4. The molecule has 3 heterocycles. The summed E-state index contributed by atoms with van der Waals surface area (Å²) in [5, 5.41) is 5.79. The van der Waals surface area contributed by atoms with Crippen molar-refractivity contribution in [2.24, 2.45) is 0 Å². The van der Waals surface area contributed by atoms with Crippen LogP contribution in [0.25, 0.3) is 16.5 Å². The third-order valence-electron chi connectivity index (χ3n) is 8.91. The summed E-state index contributed by atoms with van der Waals surface area (Å²) in [7, 11) is -0.479. The lowest BCUT2D eigenvalue weighted by atomic mass is 9.70. The molecule has 0 radical (unpaired) electrons. The van der Waals surface area contributed by atoms with Gasteiger partial charge in [-0.1, -0.05) is 25.1 Å². The quantitative estimate of drug-likeness (QED) is 0.129. The Bertz CT molecular complexity index is 1500. The van der Waals surface area contributed by atoms with E-state index < -0.39 is 23.9 Å². The molecule has 0 saturated carbocycles. The molecule has 2 aromatic carbocycles. The SMILES string of the molecule is CC/C(B1OC(C)(C)C(C)(C)O1)=C(/c1ccc(OCCCC(=O)OC(C)(C)C)cc1)c1ccc2c(cnn2C2CCCCO2)c1. The Kier molecular flexibility index (Phi) is 9.83. The second-order valence-electron chi connectivity index (χ2n) is 14.1. The number of hydrogen-bond acceptors (Lipinski definition) is 7. The molecule has 3 aromatic rings. The highest BCUT2D eigenvalue weighted by molar-refractivity contribution is 6.56. The third-order valence-corrected chi connectivity index (χ3v) is 8.91. The fourth-order valence-corrected chi connectivity index (χ4v) is 5.86. The molecule has 1 atom stereocenters. The fourth-order valence-electron chi connectivity index (χ4n) is 5.86. The maximum Gasteiger partial charge on any atom is 0.491 e. The Morgan fingerprint density at radius 2 is 1.71 bits per heavy atom. The van der Waals surface area contributed by atoms with Gasteiger partial charge in [0.1, 0.15) is 11.4 Å². The van der Waals surface area contributed by atoms with Crippen LogP contribution < -0.4 is 4.74 Å². The number of benzene rings is 2. The molecule has 45 heavy (non-hydrogen) atoms. The van der Waals surface area contributed by atoms with Crippen molar-refractivity contribution in [3.63, 3.8) is 0 Å². The van der Waals surface area contributed by atoms with E-state index in [1.807, 2.05) is 43.8 Å². The van der Waals surface area contributed by atoms with Crippen LogP contribution >= 0.6 is 0 Å². The average Bonchev–Trinajstić information content (AvgIpc) is 3.50. The lowest BCUT2D eigenvalue weighted by Crippen LogP contribution is -2.41. The van der Waals surface area contributed by atoms with Gasteiger partial charge in [0.25, 0.3) is 0 Å². The lowest BCUT2D eigenvalue weighted by molar-refractivity contribution is -0.155. The number of nitrogens with zero attached hydrogens (tertiary/aromatic N) is 2. The summed E-state index contributed by atoms with van der Waals surface area (Å²) in [6.07, 6.45) is 6.79. The van der Waals surface area contributed by atoms with Crippen molar-refractivity contribution in [3.05, 3.63) is 65.3 Å². The van der Waals surface area contributed by atoms with Gasteiger partial charge in [-0.15, -0.1) is 0 Å². The Morgan fingerprint density at radius 1 is 1.02 bits per heavy atom. The van der Waals surface area contributed by atoms with E-state index in [1.165, 1.54) is 0 Å². The van der Waals surface area contributed by atoms with E-state index in [0.717, 1.165) is 71.1 Å². The Balaban J connectivity index is 1.43. The minimum Gasteiger partial charge on any atom is -0.494 e. The Hall–Kier alpha value is -3.14. The second-order valence-corrected chi connectivity index (χ2v) is 14.1. The zero-order chi connectivity index (χ0) is 32.4. The normalized spacial score (nSPS) is 20.3. The van der Waals surface area contributed by atoms with Crippen LogP contribution in [-0.2, 0) is 23.6 Å². The van der Waals surface area contributed by atoms with Crippen molar-refractivity contribution in [2.45, 2.75) is 117 Å². The average molecular weight is 617 g/mol. The predicted molar refractivity (Wildman–Crippen MR) is 178 cm³/mol. The molecule has 0 aliphatic carbocycles. The van der Waals surface area contributed by atoms with E-state index in [0.29, 0.717) is 19.4 Å². The molecule has 5 rings (SSSR count). The maximum absolute atomic E-state index is 12.1. The fraction of sp³-hybridized carbons (Fsp3) is 0.556. The smallest absolute Gasteiger partial charge is 0.491 e. The molecule has 2 fully saturated rings. The maximum atomic E-state index is 12.1. The standard InChI is InChI=1S/C36H49BN2O6/c1-9-29(37-44-35(5,6)36(7,8)45-37)33(25-15-18-28(19-16-25)41-22-12-14-32(40)43-34(2,3)4)26-17-20-30-27(23-26)24-38-39(30)31-13-10-11-21-42-31/h15-20,23-24,31H,9-14,21-22H2,1-8H3/b33-29+. The molecule has 9 heteroatoms. The number of esters is 1. The van der Waals surface area contributed by atoms with E-state index in [1.54, 1.807) is 0 Å². The molecule has 0 bridgehead atoms. The summed E-state index contributed by atoms with van der Waals surface area (Å²) in [4.78, 5) is 12.1. The molecular formula is C36H49BN2O6. The van der Waals surface area contributed by atoms with Crippen LogP contribution in [-0.4, -0.2) is 52.9 Å². The number of carbonyl (C=O) groups excluding carboxylic acids is 1. The number of fused-ring (bicyclic) bond motifs is 1. The number of hydrogen-bond donors (Lipinski definition) is 0. The topological polar surface area (TPSA) is 81.0 Å². The summed E-state index contributed by atoms with van der Waals surface area (Å²) in [6, 6.07) is 14.7. The largest absolute Gasteiger partial charge is 0.494 e. The van der Waals surface area contributed by atoms with E-state index in [2.05, 4.69) is 65.0 Å². The third kappa shape index (κ3) is 7.64. The first-order chi connectivity index (χ1) is 21.3. The highest BCUT2D eigenvalue weighted by atomic mass is 16.7. The van der Waals surface area contributed by atoms with Crippen molar-refractivity contribution in [1.82, 2.24) is 9.78 Å². The minimum atomic E-state index is -0.481. The van der Waals surface area contributed by atoms with Crippen LogP contribution in [0.1, 0.15) is 111 Å². The van der Waals surface area contributed by atoms with Gasteiger partial charge in [0.15, 0.2) is 6.23 Å². The summed E-state index contributed by atoms with van der Waals surface area (Å²) in [5.41, 5.74) is 3.96. The van der Waals surface area contributed by atoms with Gasteiger partial charge in [-0.05, 0) is 127 Å². The summed E-state index contributed by atoms with van der Waals surface area (Å²) in [5.74, 6) is 0.542. The zero-order valence-electron chi connectivity index (χ0n) is 28.3. The molecule has 1 unspecified atom stereocenters. The molecule has 2 aliphatic rings. The molecule has 0 N–H and O–H groups in total. The minimum absolute atomic E-state index is 0.0234. The monoisotopic (exact) mass is 616 g/mol. The second kappa shape index (κ2) is 13.3. The lowest BCUT2D eigenvalue weighted by Gasteiger charge is -2.32. The Labute approximate surface area is 268 Å². The van der Waals surface area contributed by atoms with E-state index in [-0.39, 0.29) is 12.2 Å². The molecule has 242 valence electrons. The van der Waals surface area contributed by atoms with Crippen LogP contribution in [0.5, 0.6) is 5.75 Å². The van der Waals surface area contributed by atoms with Crippen LogP contribution in [0.15, 0.2) is 54.1 Å². The molecule has 1 aromatic heterocycles. The van der Waals surface area contributed by atoms with Gasteiger partial charge in [-0.2, -0.15) is 5.10 Å².